The molecule has 0 unspecified atom stereocenters. The lowest BCUT2D eigenvalue weighted by molar-refractivity contribution is 1.26. The Kier molecular flexibility index (Phi) is 2.44. The van der Waals surface area contributed by atoms with Gasteiger partial charge in [-0.15, -0.1) is 0 Å². The number of nitrogens with two attached hydrogens (primary N) is 1. The van der Waals surface area contributed by atoms with Crippen molar-refractivity contribution >= 4 is 39.9 Å². The summed E-state index contributed by atoms with van der Waals surface area (Å²) in [5.41, 5.74) is 9.87. The van der Waals surface area contributed by atoms with Gasteiger partial charge < -0.3 is 5.73 Å². The van der Waals surface area contributed by atoms with Crippen LogP contribution in [-0.2, 0) is 0 Å². The van der Waals surface area contributed by atoms with E-state index >= 15 is 0 Å². The van der Waals surface area contributed by atoms with Gasteiger partial charge in [0, 0.05) is 0 Å². The Morgan fingerprint density at radius 1 is 1.13 bits per heavy atom. The summed E-state index contributed by atoms with van der Waals surface area (Å²) in [5.74, 6) is 0. The minimum atomic E-state index is 0.180. The van der Waals surface area contributed by atoms with E-state index in [1.54, 1.807) is 0 Å². The van der Waals surface area contributed by atoms with Gasteiger partial charge in [0.1, 0.15) is 5.52 Å². The highest BCUT2D eigenvalue weighted by Crippen LogP contribution is 2.28. The quantitative estimate of drug-likeness (QED) is 0.722. The summed E-state index contributed by atoms with van der Waals surface area (Å²) in [6.07, 6.45) is 0. The Morgan fingerprint density at radius 3 is 2.40 bits per heavy atom. The number of nitrogen functional groups attached to an aromatic ring is 1. The summed E-state index contributed by atoms with van der Waals surface area (Å²) in [6, 6.07) is 1.90. The van der Waals surface area contributed by atoms with Gasteiger partial charge in [0.05, 0.1) is 11.2 Å². The first-order chi connectivity index (χ1) is 7.00. The number of rotatable bonds is 0. The zero-order valence-corrected chi connectivity index (χ0v) is 9.82. The van der Waals surface area contributed by atoms with Crippen LogP contribution in [0, 0.1) is 13.8 Å². The smallest absolute Gasteiger partial charge is 0.167 e. The molecule has 0 saturated heterocycles. The summed E-state index contributed by atoms with van der Waals surface area (Å²) >= 11 is 11.6. The van der Waals surface area contributed by atoms with E-state index < -0.39 is 0 Å². The Morgan fingerprint density at radius 2 is 1.73 bits per heavy atom. The van der Waals surface area contributed by atoms with E-state index in [1.807, 2.05) is 19.9 Å². The number of hydrogen-bond acceptors (Lipinski definition) is 3. The number of aromatic nitrogens is 2. The van der Waals surface area contributed by atoms with Gasteiger partial charge in [-0.3, -0.25) is 0 Å². The number of nitrogens with zero attached hydrogens (tertiary/aromatic N) is 2. The van der Waals surface area contributed by atoms with Crippen molar-refractivity contribution in [1.29, 1.82) is 0 Å². The van der Waals surface area contributed by atoms with Crippen molar-refractivity contribution in [2.45, 2.75) is 13.8 Å². The van der Waals surface area contributed by atoms with E-state index in [-0.39, 0.29) is 10.3 Å². The number of halogens is 2. The minimum absolute atomic E-state index is 0.180. The van der Waals surface area contributed by atoms with Crippen molar-refractivity contribution in [3.05, 3.63) is 27.5 Å². The highest BCUT2D eigenvalue weighted by molar-refractivity contribution is 6.40. The van der Waals surface area contributed by atoms with Crippen molar-refractivity contribution in [2.24, 2.45) is 0 Å². The number of anilines is 1. The highest BCUT2D eigenvalue weighted by Gasteiger charge is 2.10. The molecule has 15 heavy (non-hydrogen) atoms. The maximum absolute atomic E-state index is 5.93. The average Bonchev–Trinajstić information content (AvgIpc) is 2.19. The highest BCUT2D eigenvalue weighted by atomic mass is 35.5. The zero-order valence-electron chi connectivity index (χ0n) is 8.31. The van der Waals surface area contributed by atoms with Crippen LogP contribution in [0.1, 0.15) is 11.1 Å². The Balaban J connectivity index is 2.93. The summed E-state index contributed by atoms with van der Waals surface area (Å²) in [7, 11) is 0. The monoisotopic (exact) mass is 241 g/mol. The van der Waals surface area contributed by atoms with Crippen LogP contribution < -0.4 is 5.73 Å². The first kappa shape index (κ1) is 10.5. The fourth-order valence-electron chi connectivity index (χ4n) is 1.41. The number of fused-ring (bicyclic) bond motifs is 1. The van der Waals surface area contributed by atoms with E-state index in [2.05, 4.69) is 9.97 Å². The molecule has 1 aromatic carbocycles. The molecule has 0 radical (unpaired) electrons. The van der Waals surface area contributed by atoms with Crippen LogP contribution in [0.15, 0.2) is 6.07 Å². The summed E-state index contributed by atoms with van der Waals surface area (Å²) < 4.78 is 0. The second-order valence-corrected chi connectivity index (χ2v) is 4.12. The summed E-state index contributed by atoms with van der Waals surface area (Å²) in [4.78, 5) is 8.25. The largest absolute Gasteiger partial charge is 0.397 e. The second kappa shape index (κ2) is 3.51. The lowest BCUT2D eigenvalue weighted by atomic mass is 10.1. The molecule has 0 fully saturated rings. The van der Waals surface area contributed by atoms with Crippen molar-refractivity contribution < 1.29 is 0 Å². The van der Waals surface area contributed by atoms with Gasteiger partial charge in [-0.2, -0.15) is 0 Å². The lowest BCUT2D eigenvalue weighted by Gasteiger charge is -2.08. The van der Waals surface area contributed by atoms with Gasteiger partial charge in [-0.25, -0.2) is 9.97 Å². The van der Waals surface area contributed by atoms with E-state index in [1.165, 1.54) is 0 Å². The molecule has 0 atom stereocenters. The molecule has 0 bridgehead atoms. The van der Waals surface area contributed by atoms with Crippen LogP contribution in [0.2, 0.25) is 10.3 Å². The van der Waals surface area contributed by atoms with Crippen LogP contribution in [-0.4, -0.2) is 9.97 Å². The molecule has 0 saturated carbocycles. The van der Waals surface area contributed by atoms with E-state index in [4.69, 9.17) is 28.9 Å². The molecule has 2 rings (SSSR count). The first-order valence-electron chi connectivity index (χ1n) is 4.39. The van der Waals surface area contributed by atoms with E-state index in [0.717, 1.165) is 11.1 Å². The summed E-state index contributed by atoms with van der Waals surface area (Å²) in [5, 5.41) is 0.380. The standard InChI is InChI=1S/C10H9Cl2N3/c1-4-3-6-8(7(13)5(4)2)15-10(12)9(11)14-6/h3H,13H2,1-2H3. The molecular formula is C10H9Cl2N3. The molecular weight excluding hydrogens is 233 g/mol. The molecule has 0 aliphatic rings. The molecule has 0 aliphatic heterocycles. The van der Waals surface area contributed by atoms with Gasteiger partial charge in [-0.05, 0) is 31.0 Å². The predicted molar refractivity (Wildman–Crippen MR) is 63.4 cm³/mol. The van der Waals surface area contributed by atoms with Crippen LogP contribution in [0.5, 0.6) is 0 Å². The number of aryl methyl sites for hydroxylation is 1. The molecule has 1 aromatic heterocycles. The van der Waals surface area contributed by atoms with Gasteiger partial charge in [-0.1, -0.05) is 23.2 Å². The Hall–Kier alpha value is -1.06. The Labute approximate surface area is 97.2 Å². The molecule has 2 aromatic rings. The molecule has 5 heteroatoms. The molecule has 1 heterocycles. The predicted octanol–water partition coefficient (Wildman–Crippen LogP) is 3.14. The van der Waals surface area contributed by atoms with E-state index in [0.29, 0.717) is 16.7 Å². The fraction of sp³-hybridized carbons (Fsp3) is 0.200. The third-order valence-corrected chi connectivity index (χ3v) is 3.07. The van der Waals surface area contributed by atoms with Gasteiger partial charge in [0.25, 0.3) is 0 Å². The van der Waals surface area contributed by atoms with Gasteiger partial charge in [0.15, 0.2) is 10.3 Å². The lowest BCUT2D eigenvalue weighted by Crippen LogP contribution is -1.98. The van der Waals surface area contributed by atoms with Crippen molar-refractivity contribution in [3.63, 3.8) is 0 Å². The van der Waals surface area contributed by atoms with Crippen LogP contribution in [0.25, 0.3) is 11.0 Å². The van der Waals surface area contributed by atoms with Crippen LogP contribution >= 0.6 is 23.2 Å². The molecule has 2 N–H and O–H groups in total. The van der Waals surface area contributed by atoms with Gasteiger partial charge >= 0.3 is 0 Å². The third-order valence-electron chi connectivity index (χ3n) is 2.45. The topological polar surface area (TPSA) is 51.8 Å². The number of hydrogen-bond donors (Lipinski definition) is 1. The number of benzene rings is 1. The van der Waals surface area contributed by atoms with E-state index in [9.17, 15) is 0 Å². The molecule has 0 aliphatic carbocycles. The zero-order chi connectivity index (χ0) is 11.2. The van der Waals surface area contributed by atoms with Crippen molar-refractivity contribution in [1.82, 2.24) is 9.97 Å². The van der Waals surface area contributed by atoms with Crippen LogP contribution in [0.3, 0.4) is 0 Å². The average molecular weight is 242 g/mol. The second-order valence-electron chi connectivity index (χ2n) is 3.41. The molecule has 3 nitrogen and oxygen atoms in total. The Bertz CT molecular complexity index is 547. The maximum Gasteiger partial charge on any atom is 0.167 e. The molecule has 0 amide bonds. The SMILES string of the molecule is Cc1cc2nc(Cl)c(Cl)nc2c(N)c1C. The van der Waals surface area contributed by atoms with Crippen LogP contribution in [0.4, 0.5) is 5.69 Å². The first-order valence-corrected chi connectivity index (χ1v) is 5.14. The fourth-order valence-corrected chi connectivity index (χ4v) is 1.67. The summed E-state index contributed by atoms with van der Waals surface area (Å²) in [6.45, 7) is 3.91. The molecule has 0 spiro atoms. The maximum atomic E-state index is 5.93. The third kappa shape index (κ3) is 1.62. The molecule has 78 valence electrons. The normalized spacial score (nSPS) is 10.9. The van der Waals surface area contributed by atoms with Crippen molar-refractivity contribution in [2.75, 3.05) is 5.73 Å². The minimum Gasteiger partial charge on any atom is -0.397 e. The van der Waals surface area contributed by atoms with Crippen molar-refractivity contribution in [3.8, 4) is 0 Å². The van der Waals surface area contributed by atoms with Gasteiger partial charge in [0.2, 0.25) is 0 Å².